The molecule has 0 bridgehead atoms. The smallest absolute Gasteiger partial charge is 0.162 e. The van der Waals surface area contributed by atoms with Crippen LogP contribution in [0.4, 0.5) is 5.82 Å². The highest BCUT2D eigenvalue weighted by Crippen LogP contribution is 2.26. The van der Waals surface area contributed by atoms with Crippen LogP contribution in [0.25, 0.3) is 0 Å². The number of methoxy groups -OCH3 is 1. The number of hydrogen-bond donors (Lipinski definition) is 1. The summed E-state index contributed by atoms with van der Waals surface area (Å²) in [5.41, 5.74) is 0.630. The standard InChI is InChI=1S/C12H20IN3O/c1-6-7-8-9(13)10(14-4)16-11(15-8)12(2,3)17-5/h6-7H2,1-5H3,(H,14,15,16). The molecule has 0 aliphatic carbocycles. The summed E-state index contributed by atoms with van der Waals surface area (Å²) in [6.07, 6.45) is 2.03. The maximum atomic E-state index is 5.44. The largest absolute Gasteiger partial charge is 0.372 e. The Balaban J connectivity index is 3.29. The van der Waals surface area contributed by atoms with E-state index in [1.54, 1.807) is 7.11 Å². The molecule has 1 rings (SSSR count). The summed E-state index contributed by atoms with van der Waals surface area (Å²) in [6.45, 7) is 6.10. The Bertz CT molecular complexity index is 394. The third kappa shape index (κ3) is 3.28. The second-order valence-electron chi connectivity index (χ2n) is 4.37. The summed E-state index contributed by atoms with van der Waals surface area (Å²) in [5, 5.41) is 3.12. The quantitative estimate of drug-likeness (QED) is 0.831. The van der Waals surface area contributed by atoms with Crippen molar-refractivity contribution in [3.8, 4) is 0 Å². The molecule has 1 heterocycles. The summed E-state index contributed by atoms with van der Waals surface area (Å²) in [7, 11) is 3.56. The molecule has 4 nitrogen and oxygen atoms in total. The Labute approximate surface area is 117 Å². The molecular formula is C12H20IN3O. The predicted octanol–water partition coefficient (Wildman–Crippen LogP) is 2.96. The fourth-order valence-electron chi connectivity index (χ4n) is 1.42. The van der Waals surface area contributed by atoms with Crippen molar-refractivity contribution < 1.29 is 4.74 Å². The normalized spacial score (nSPS) is 11.6. The Morgan fingerprint density at radius 3 is 2.47 bits per heavy atom. The Kier molecular flexibility index (Phi) is 5.12. The van der Waals surface area contributed by atoms with Crippen LogP contribution in [0.5, 0.6) is 0 Å². The van der Waals surface area contributed by atoms with Gasteiger partial charge in [0.2, 0.25) is 0 Å². The molecule has 0 aromatic carbocycles. The average Bonchev–Trinajstić information content (AvgIpc) is 2.31. The number of anilines is 1. The summed E-state index contributed by atoms with van der Waals surface area (Å²) >= 11 is 2.29. The number of rotatable bonds is 5. The topological polar surface area (TPSA) is 47.0 Å². The van der Waals surface area contributed by atoms with E-state index in [4.69, 9.17) is 4.74 Å². The lowest BCUT2D eigenvalue weighted by molar-refractivity contribution is 0.0113. The van der Waals surface area contributed by atoms with Crippen molar-refractivity contribution in [2.45, 2.75) is 39.2 Å². The number of aromatic nitrogens is 2. The molecule has 0 saturated heterocycles. The Morgan fingerprint density at radius 2 is 2.00 bits per heavy atom. The van der Waals surface area contributed by atoms with Crippen LogP contribution in [0.1, 0.15) is 38.7 Å². The van der Waals surface area contributed by atoms with E-state index in [1.807, 2.05) is 20.9 Å². The SMILES string of the molecule is CCCc1nc(C(C)(C)OC)nc(NC)c1I. The first-order chi connectivity index (χ1) is 7.96. The van der Waals surface area contributed by atoms with Crippen molar-refractivity contribution in [3.05, 3.63) is 15.1 Å². The van der Waals surface area contributed by atoms with Crippen LogP contribution in [0.2, 0.25) is 0 Å². The van der Waals surface area contributed by atoms with E-state index in [1.165, 1.54) is 0 Å². The summed E-state index contributed by atoms with van der Waals surface area (Å²) < 4.78 is 6.54. The molecule has 5 heteroatoms. The lowest BCUT2D eigenvalue weighted by atomic mass is 10.1. The summed E-state index contributed by atoms with van der Waals surface area (Å²) in [4.78, 5) is 9.15. The van der Waals surface area contributed by atoms with Crippen molar-refractivity contribution in [3.63, 3.8) is 0 Å². The Hall–Kier alpha value is -0.430. The molecule has 0 fully saturated rings. The van der Waals surface area contributed by atoms with E-state index in [0.717, 1.165) is 33.7 Å². The minimum Gasteiger partial charge on any atom is -0.372 e. The third-order valence-corrected chi connectivity index (χ3v) is 3.83. The van der Waals surface area contributed by atoms with Gasteiger partial charge in [0.15, 0.2) is 5.82 Å². The molecule has 0 spiro atoms. The highest BCUT2D eigenvalue weighted by Gasteiger charge is 2.25. The molecule has 1 aromatic heterocycles. The van der Waals surface area contributed by atoms with E-state index in [9.17, 15) is 0 Å². The van der Waals surface area contributed by atoms with Crippen LogP contribution in [0.15, 0.2) is 0 Å². The molecular weight excluding hydrogens is 329 g/mol. The monoisotopic (exact) mass is 349 g/mol. The fourth-order valence-corrected chi connectivity index (χ4v) is 2.20. The van der Waals surface area contributed by atoms with Gasteiger partial charge in [0.05, 0.1) is 9.26 Å². The first-order valence-electron chi connectivity index (χ1n) is 5.76. The van der Waals surface area contributed by atoms with Gasteiger partial charge in [-0.25, -0.2) is 9.97 Å². The number of ether oxygens (including phenoxy) is 1. The van der Waals surface area contributed by atoms with Crippen LogP contribution < -0.4 is 5.32 Å². The van der Waals surface area contributed by atoms with Crippen LogP contribution in [0.3, 0.4) is 0 Å². The first kappa shape index (κ1) is 14.6. The first-order valence-corrected chi connectivity index (χ1v) is 6.84. The number of nitrogens with one attached hydrogen (secondary N) is 1. The maximum absolute atomic E-state index is 5.44. The lowest BCUT2D eigenvalue weighted by Crippen LogP contribution is -2.24. The van der Waals surface area contributed by atoms with Gasteiger partial charge in [0.1, 0.15) is 11.4 Å². The van der Waals surface area contributed by atoms with Gasteiger partial charge in [0.25, 0.3) is 0 Å². The molecule has 0 aliphatic rings. The minimum atomic E-state index is -0.460. The number of halogens is 1. The Morgan fingerprint density at radius 1 is 1.35 bits per heavy atom. The number of hydrogen-bond acceptors (Lipinski definition) is 4. The highest BCUT2D eigenvalue weighted by atomic mass is 127. The predicted molar refractivity (Wildman–Crippen MR) is 78.3 cm³/mol. The number of nitrogens with zero attached hydrogens (tertiary/aromatic N) is 2. The van der Waals surface area contributed by atoms with Gasteiger partial charge in [0, 0.05) is 14.2 Å². The maximum Gasteiger partial charge on any atom is 0.162 e. The van der Waals surface area contributed by atoms with E-state index >= 15 is 0 Å². The number of aryl methyl sites for hydroxylation is 1. The zero-order valence-corrected chi connectivity index (χ0v) is 13.3. The molecule has 0 amide bonds. The zero-order valence-electron chi connectivity index (χ0n) is 11.1. The van der Waals surface area contributed by atoms with Crippen LogP contribution in [-0.4, -0.2) is 24.1 Å². The molecule has 96 valence electrons. The lowest BCUT2D eigenvalue weighted by Gasteiger charge is -2.23. The van der Waals surface area contributed by atoms with E-state index in [-0.39, 0.29) is 0 Å². The third-order valence-electron chi connectivity index (χ3n) is 2.69. The van der Waals surface area contributed by atoms with Gasteiger partial charge >= 0.3 is 0 Å². The van der Waals surface area contributed by atoms with Crippen molar-refractivity contribution in [1.29, 1.82) is 0 Å². The second-order valence-corrected chi connectivity index (χ2v) is 5.45. The van der Waals surface area contributed by atoms with Gasteiger partial charge in [-0.1, -0.05) is 13.3 Å². The van der Waals surface area contributed by atoms with Gasteiger partial charge in [-0.15, -0.1) is 0 Å². The zero-order chi connectivity index (χ0) is 13.1. The molecule has 1 N–H and O–H groups in total. The van der Waals surface area contributed by atoms with Gasteiger partial charge in [-0.2, -0.15) is 0 Å². The van der Waals surface area contributed by atoms with Crippen molar-refractivity contribution in [2.75, 3.05) is 19.5 Å². The van der Waals surface area contributed by atoms with Crippen LogP contribution in [-0.2, 0) is 16.8 Å². The molecule has 1 aromatic rings. The summed E-state index contributed by atoms with van der Waals surface area (Å²) in [6, 6.07) is 0. The van der Waals surface area contributed by atoms with Crippen LogP contribution in [0, 0.1) is 3.57 Å². The molecule has 0 saturated carbocycles. The van der Waals surface area contributed by atoms with Crippen molar-refractivity contribution in [1.82, 2.24) is 9.97 Å². The average molecular weight is 349 g/mol. The van der Waals surface area contributed by atoms with Gasteiger partial charge in [-0.05, 0) is 42.9 Å². The van der Waals surface area contributed by atoms with Gasteiger partial charge in [-0.3, -0.25) is 0 Å². The van der Waals surface area contributed by atoms with E-state index < -0.39 is 5.60 Å². The van der Waals surface area contributed by atoms with E-state index in [0.29, 0.717) is 0 Å². The van der Waals surface area contributed by atoms with Gasteiger partial charge < -0.3 is 10.1 Å². The molecule has 0 aliphatic heterocycles. The fraction of sp³-hybridized carbons (Fsp3) is 0.667. The van der Waals surface area contributed by atoms with Crippen LogP contribution >= 0.6 is 22.6 Å². The highest BCUT2D eigenvalue weighted by molar-refractivity contribution is 14.1. The molecule has 0 radical (unpaired) electrons. The molecule has 0 unspecified atom stereocenters. The van der Waals surface area contributed by atoms with Crippen molar-refractivity contribution >= 4 is 28.4 Å². The summed E-state index contributed by atoms with van der Waals surface area (Å²) in [5.74, 6) is 1.61. The van der Waals surface area contributed by atoms with E-state index in [2.05, 4.69) is 44.8 Å². The second kappa shape index (κ2) is 5.95. The molecule has 0 atom stereocenters. The molecule has 17 heavy (non-hydrogen) atoms. The van der Waals surface area contributed by atoms with Crippen molar-refractivity contribution in [2.24, 2.45) is 0 Å². The minimum absolute atomic E-state index is 0.460.